The van der Waals surface area contributed by atoms with Gasteiger partial charge in [-0.3, -0.25) is 4.72 Å². The fourth-order valence-electron chi connectivity index (χ4n) is 3.97. The van der Waals surface area contributed by atoms with Crippen LogP contribution < -0.4 is 43.8 Å². The van der Waals surface area contributed by atoms with E-state index < -0.39 is 15.6 Å². The number of aromatic amines is 1. The Balaban J connectivity index is 1.87. The van der Waals surface area contributed by atoms with Gasteiger partial charge in [-0.15, -0.1) is 5.10 Å². The Morgan fingerprint density at radius 1 is 1.26 bits per heavy atom. The second kappa shape index (κ2) is 9.38. The highest BCUT2D eigenvalue weighted by Crippen LogP contribution is 2.37. The Morgan fingerprint density at radius 2 is 2.06 bits per heavy atom. The van der Waals surface area contributed by atoms with Crippen LogP contribution in [0.15, 0.2) is 45.2 Å². The fourth-order valence-corrected chi connectivity index (χ4v) is 6.14. The number of nitrogens with two attached hydrogens (primary N) is 5. The highest BCUT2D eigenvalue weighted by molar-refractivity contribution is 7.98. The number of para-hydroxylation sites is 1. The first-order valence-electron chi connectivity index (χ1n) is 10.3. The molecule has 0 spiro atoms. The number of hydrogen-bond donors (Lipinski definition) is 9. The number of amidine groups is 1. The SMILES string of the molecule is NN/N=C(\N)c1c(-c2cccc3[nH]c(N)nc23)ccc(SNCC2(N)CCNC2)c1S(N)(=O)=O. The smallest absolute Gasteiger partial charge is 0.239 e. The summed E-state index contributed by atoms with van der Waals surface area (Å²) < 4.78 is 28.8. The molecule has 13 nitrogen and oxygen atoms in total. The Bertz CT molecular complexity index is 1350. The van der Waals surface area contributed by atoms with Gasteiger partial charge < -0.3 is 27.5 Å². The minimum Gasteiger partial charge on any atom is -0.382 e. The molecule has 0 radical (unpaired) electrons. The fraction of sp³-hybridized carbons (Fsp3) is 0.263. The molecule has 2 aromatic carbocycles. The van der Waals surface area contributed by atoms with Crippen LogP contribution >= 0.6 is 11.9 Å². The van der Waals surface area contributed by atoms with Crippen molar-refractivity contribution in [3.63, 3.8) is 0 Å². The van der Waals surface area contributed by atoms with E-state index in [4.69, 9.17) is 28.2 Å². The molecule has 1 atom stereocenters. The number of sulfonamides is 1. The normalized spacial score (nSPS) is 19.1. The van der Waals surface area contributed by atoms with Gasteiger partial charge in [0, 0.05) is 34.7 Å². The van der Waals surface area contributed by atoms with Gasteiger partial charge in [0.05, 0.1) is 11.0 Å². The number of benzene rings is 2. The monoisotopic (exact) mass is 505 g/mol. The van der Waals surface area contributed by atoms with E-state index in [9.17, 15) is 8.42 Å². The van der Waals surface area contributed by atoms with E-state index in [1.54, 1.807) is 30.3 Å². The van der Waals surface area contributed by atoms with Gasteiger partial charge in [-0.25, -0.2) is 29.9 Å². The first-order valence-corrected chi connectivity index (χ1v) is 12.6. The first-order chi connectivity index (χ1) is 16.1. The molecule has 0 aliphatic carbocycles. The molecule has 4 rings (SSSR count). The number of nitrogens with one attached hydrogen (secondary N) is 4. The highest BCUT2D eigenvalue weighted by atomic mass is 32.2. The molecule has 0 bridgehead atoms. The second-order valence-electron chi connectivity index (χ2n) is 8.02. The van der Waals surface area contributed by atoms with Crippen LogP contribution in [0.1, 0.15) is 12.0 Å². The lowest BCUT2D eigenvalue weighted by atomic mass is 9.97. The van der Waals surface area contributed by atoms with Crippen molar-refractivity contribution in [3.8, 4) is 11.1 Å². The molecule has 182 valence electrons. The minimum atomic E-state index is -4.26. The van der Waals surface area contributed by atoms with Gasteiger partial charge in [-0.05, 0) is 42.6 Å². The largest absolute Gasteiger partial charge is 0.382 e. The lowest BCUT2D eigenvalue weighted by Gasteiger charge is -2.23. The van der Waals surface area contributed by atoms with E-state index in [0.29, 0.717) is 40.1 Å². The number of anilines is 1. The number of hydrazone groups is 1. The Kier molecular flexibility index (Phi) is 6.68. The quantitative estimate of drug-likeness (QED) is 0.0580. The van der Waals surface area contributed by atoms with Crippen molar-refractivity contribution in [2.24, 2.45) is 27.6 Å². The third kappa shape index (κ3) is 4.80. The Morgan fingerprint density at radius 3 is 2.74 bits per heavy atom. The molecule has 14 N–H and O–H groups in total. The molecule has 2 heterocycles. The van der Waals surface area contributed by atoms with Crippen LogP contribution in [0.25, 0.3) is 22.2 Å². The first kappa shape index (κ1) is 24.2. The maximum atomic E-state index is 12.8. The van der Waals surface area contributed by atoms with Gasteiger partial charge >= 0.3 is 0 Å². The van der Waals surface area contributed by atoms with Crippen LogP contribution in [0, 0.1) is 0 Å². The number of H-pyrrole nitrogens is 1. The molecule has 0 amide bonds. The number of primary sulfonamides is 1. The topological polar surface area (TPSA) is 241 Å². The zero-order chi connectivity index (χ0) is 24.5. The van der Waals surface area contributed by atoms with Crippen LogP contribution in [0.3, 0.4) is 0 Å². The predicted molar refractivity (Wildman–Crippen MR) is 134 cm³/mol. The van der Waals surface area contributed by atoms with Crippen molar-refractivity contribution in [2.75, 3.05) is 25.4 Å². The molecule has 1 fully saturated rings. The van der Waals surface area contributed by atoms with E-state index in [2.05, 4.69) is 30.6 Å². The van der Waals surface area contributed by atoms with Gasteiger partial charge in [0.15, 0.2) is 11.8 Å². The average molecular weight is 506 g/mol. The van der Waals surface area contributed by atoms with Crippen molar-refractivity contribution in [1.82, 2.24) is 25.5 Å². The molecular weight excluding hydrogens is 478 g/mol. The van der Waals surface area contributed by atoms with E-state index in [0.717, 1.165) is 24.9 Å². The van der Waals surface area contributed by atoms with Crippen molar-refractivity contribution in [1.29, 1.82) is 0 Å². The van der Waals surface area contributed by atoms with E-state index in [1.807, 2.05) is 0 Å². The standard InChI is InChI=1S/C19H27N11O2S2/c20-17(29-30-23)14-10(11-2-1-3-12-15(11)28-18(21)27-12)4-5-13(16(14)34(24,31)32)33-26-9-19(22)6-7-25-8-19/h1-5,25-26,30H,6-9,22-23H2,(H2,20,29)(H3,21,27,28)(H2,24,31,32). The van der Waals surface area contributed by atoms with Crippen molar-refractivity contribution >= 4 is 44.8 Å². The maximum Gasteiger partial charge on any atom is 0.239 e. The zero-order valence-electron chi connectivity index (χ0n) is 18.1. The number of rotatable bonds is 8. The Labute approximate surface area is 200 Å². The molecule has 1 saturated heterocycles. The highest BCUT2D eigenvalue weighted by Gasteiger charge is 2.30. The molecule has 1 unspecified atom stereocenters. The third-order valence-electron chi connectivity index (χ3n) is 5.55. The third-order valence-corrected chi connectivity index (χ3v) is 7.52. The van der Waals surface area contributed by atoms with Crippen LogP contribution in [0.4, 0.5) is 5.95 Å². The predicted octanol–water partition coefficient (Wildman–Crippen LogP) is -1.17. The van der Waals surface area contributed by atoms with Gasteiger partial charge in [0.25, 0.3) is 0 Å². The summed E-state index contributed by atoms with van der Waals surface area (Å²) in [4.78, 5) is 7.42. The van der Waals surface area contributed by atoms with Crippen LogP contribution in [-0.2, 0) is 10.0 Å². The maximum absolute atomic E-state index is 12.8. The van der Waals surface area contributed by atoms with Crippen molar-refractivity contribution in [3.05, 3.63) is 35.9 Å². The number of hydrogen-bond acceptors (Lipinski definition) is 11. The molecule has 3 aromatic rings. The number of hydrazine groups is 1. The van der Waals surface area contributed by atoms with E-state index in [1.165, 1.54) is 0 Å². The van der Waals surface area contributed by atoms with Crippen LogP contribution in [0.2, 0.25) is 0 Å². The van der Waals surface area contributed by atoms with Crippen molar-refractivity contribution in [2.45, 2.75) is 21.8 Å². The lowest BCUT2D eigenvalue weighted by molar-refractivity contribution is 0.467. The summed E-state index contributed by atoms with van der Waals surface area (Å²) in [6.45, 7) is 1.93. The average Bonchev–Trinajstić information content (AvgIpc) is 3.37. The molecule has 34 heavy (non-hydrogen) atoms. The van der Waals surface area contributed by atoms with Gasteiger partial charge in [0.2, 0.25) is 10.0 Å². The summed E-state index contributed by atoms with van der Waals surface area (Å²) in [6, 6.07) is 8.72. The van der Waals surface area contributed by atoms with Crippen LogP contribution in [0.5, 0.6) is 0 Å². The van der Waals surface area contributed by atoms with Gasteiger partial charge in [-0.1, -0.05) is 18.2 Å². The van der Waals surface area contributed by atoms with Crippen LogP contribution in [-0.4, -0.2) is 49.4 Å². The number of nitrogens with zero attached hydrogens (tertiary/aromatic N) is 2. The summed E-state index contributed by atoms with van der Waals surface area (Å²) in [7, 11) is -4.26. The number of nitrogen functional groups attached to an aromatic ring is 1. The molecular formula is C19H27N11O2S2. The second-order valence-corrected chi connectivity index (χ2v) is 10.5. The Hall–Kier alpha value is -2.92. The minimum absolute atomic E-state index is 0.0892. The molecule has 15 heteroatoms. The zero-order valence-corrected chi connectivity index (χ0v) is 19.8. The summed E-state index contributed by atoms with van der Waals surface area (Å²) in [6.07, 6.45) is 0.797. The number of fused-ring (bicyclic) bond motifs is 1. The van der Waals surface area contributed by atoms with Crippen molar-refractivity contribution < 1.29 is 8.42 Å². The summed E-state index contributed by atoms with van der Waals surface area (Å²) >= 11 is 1.10. The molecule has 1 aliphatic rings. The summed E-state index contributed by atoms with van der Waals surface area (Å²) in [5, 5.41) is 12.7. The number of aromatic nitrogens is 2. The lowest BCUT2D eigenvalue weighted by Crippen LogP contribution is -2.49. The molecule has 1 aliphatic heterocycles. The summed E-state index contributed by atoms with van der Waals surface area (Å²) in [5.74, 6) is 5.39. The summed E-state index contributed by atoms with van der Waals surface area (Å²) in [5.41, 5.74) is 22.4. The van der Waals surface area contributed by atoms with E-state index in [-0.39, 0.29) is 22.2 Å². The number of imidazole rings is 1. The molecule has 1 aromatic heterocycles. The van der Waals surface area contributed by atoms with E-state index >= 15 is 0 Å². The molecule has 0 saturated carbocycles. The van der Waals surface area contributed by atoms with Gasteiger partial charge in [0.1, 0.15) is 4.90 Å². The van der Waals surface area contributed by atoms with Gasteiger partial charge in [-0.2, -0.15) is 0 Å².